The van der Waals surface area contributed by atoms with Crippen LogP contribution in [-0.2, 0) is 4.74 Å². The van der Waals surface area contributed by atoms with Crippen molar-refractivity contribution in [2.24, 2.45) is 0 Å². The first-order valence-corrected chi connectivity index (χ1v) is 9.41. The highest BCUT2D eigenvalue weighted by Gasteiger charge is 2.38. The van der Waals surface area contributed by atoms with Crippen molar-refractivity contribution in [1.29, 1.82) is 0 Å². The Hall–Kier alpha value is -2.76. The molecule has 1 aromatic carbocycles. The number of cyclic esters (lactones) is 1. The molecular weight excluding hydrogens is 344 g/mol. The SMILES string of the molecule is Cc1cc(C(=O)N2CCC(N3CC(c4ccccc4)OC3=O)CC2)oc1C. The van der Waals surface area contributed by atoms with Crippen LogP contribution >= 0.6 is 0 Å². The van der Waals surface area contributed by atoms with Gasteiger partial charge in [0.2, 0.25) is 0 Å². The number of aryl methyl sites for hydroxylation is 2. The summed E-state index contributed by atoms with van der Waals surface area (Å²) in [4.78, 5) is 28.6. The molecule has 2 aromatic rings. The van der Waals surface area contributed by atoms with E-state index in [1.165, 1.54) is 0 Å². The molecule has 2 saturated heterocycles. The Morgan fingerprint density at radius 2 is 1.81 bits per heavy atom. The van der Waals surface area contributed by atoms with Gasteiger partial charge in [-0.15, -0.1) is 0 Å². The van der Waals surface area contributed by atoms with Crippen molar-refractivity contribution in [2.45, 2.75) is 38.8 Å². The third-order valence-electron chi connectivity index (χ3n) is 5.58. The smallest absolute Gasteiger partial charge is 0.410 e. The number of nitrogens with zero attached hydrogens (tertiary/aromatic N) is 2. The molecule has 0 N–H and O–H groups in total. The van der Waals surface area contributed by atoms with Gasteiger partial charge in [-0.3, -0.25) is 4.79 Å². The van der Waals surface area contributed by atoms with Crippen LogP contribution < -0.4 is 0 Å². The van der Waals surface area contributed by atoms with Gasteiger partial charge in [-0.05, 0) is 43.9 Å². The van der Waals surface area contributed by atoms with Crippen LogP contribution in [0.15, 0.2) is 40.8 Å². The molecule has 2 aliphatic rings. The standard InChI is InChI=1S/C21H24N2O4/c1-14-12-18(26-15(14)2)20(24)22-10-8-17(9-11-22)23-13-19(27-21(23)25)16-6-4-3-5-7-16/h3-7,12,17,19H,8-11,13H2,1-2H3. The molecule has 0 bridgehead atoms. The number of piperidine rings is 1. The molecule has 6 heteroatoms. The minimum Gasteiger partial charge on any atom is -0.456 e. The second-order valence-corrected chi connectivity index (χ2v) is 7.31. The van der Waals surface area contributed by atoms with E-state index in [9.17, 15) is 9.59 Å². The van der Waals surface area contributed by atoms with Gasteiger partial charge in [0.15, 0.2) is 5.76 Å². The second kappa shape index (κ2) is 7.10. The first-order chi connectivity index (χ1) is 13.0. The second-order valence-electron chi connectivity index (χ2n) is 7.31. The van der Waals surface area contributed by atoms with Gasteiger partial charge in [-0.25, -0.2) is 4.79 Å². The van der Waals surface area contributed by atoms with Crippen molar-refractivity contribution in [3.63, 3.8) is 0 Å². The number of benzene rings is 1. The largest absolute Gasteiger partial charge is 0.456 e. The molecule has 0 saturated carbocycles. The van der Waals surface area contributed by atoms with Crippen molar-refractivity contribution in [3.8, 4) is 0 Å². The fraction of sp³-hybridized carbons (Fsp3) is 0.429. The quantitative estimate of drug-likeness (QED) is 0.829. The van der Waals surface area contributed by atoms with Gasteiger partial charge in [0, 0.05) is 19.1 Å². The van der Waals surface area contributed by atoms with Crippen molar-refractivity contribution in [2.75, 3.05) is 19.6 Å². The molecule has 0 spiro atoms. The van der Waals surface area contributed by atoms with E-state index in [0.29, 0.717) is 25.4 Å². The predicted molar refractivity (Wildman–Crippen MR) is 99.5 cm³/mol. The molecule has 1 aromatic heterocycles. The maximum absolute atomic E-state index is 12.6. The fourth-order valence-electron chi connectivity index (χ4n) is 3.83. The fourth-order valence-corrected chi connectivity index (χ4v) is 3.83. The first-order valence-electron chi connectivity index (χ1n) is 9.41. The molecule has 27 heavy (non-hydrogen) atoms. The van der Waals surface area contributed by atoms with E-state index in [1.54, 1.807) is 6.07 Å². The van der Waals surface area contributed by atoms with Crippen LogP contribution in [0.3, 0.4) is 0 Å². The van der Waals surface area contributed by atoms with Gasteiger partial charge in [-0.2, -0.15) is 0 Å². The monoisotopic (exact) mass is 368 g/mol. The topological polar surface area (TPSA) is 63.0 Å². The molecule has 0 radical (unpaired) electrons. The van der Waals surface area contributed by atoms with Crippen LogP contribution in [-0.4, -0.2) is 47.5 Å². The number of carbonyl (C=O) groups is 2. The molecule has 4 rings (SSSR count). The van der Waals surface area contributed by atoms with E-state index >= 15 is 0 Å². The van der Waals surface area contributed by atoms with Gasteiger partial charge < -0.3 is 19.0 Å². The van der Waals surface area contributed by atoms with Crippen molar-refractivity contribution < 1.29 is 18.7 Å². The number of hydrogen-bond donors (Lipinski definition) is 0. The molecule has 3 heterocycles. The van der Waals surface area contributed by atoms with Crippen molar-refractivity contribution in [3.05, 3.63) is 59.0 Å². The lowest BCUT2D eigenvalue weighted by molar-refractivity contribution is 0.0626. The molecule has 6 nitrogen and oxygen atoms in total. The van der Waals surface area contributed by atoms with Gasteiger partial charge in [0.25, 0.3) is 5.91 Å². The number of likely N-dealkylation sites (tertiary alicyclic amines) is 1. The zero-order chi connectivity index (χ0) is 19.0. The zero-order valence-electron chi connectivity index (χ0n) is 15.7. The van der Waals surface area contributed by atoms with Gasteiger partial charge in [-0.1, -0.05) is 30.3 Å². The van der Waals surface area contributed by atoms with Crippen LogP contribution in [0.25, 0.3) is 0 Å². The number of carbonyl (C=O) groups excluding carboxylic acids is 2. The number of ether oxygens (including phenoxy) is 1. The van der Waals surface area contributed by atoms with Crippen molar-refractivity contribution >= 4 is 12.0 Å². The Bertz CT molecular complexity index is 818. The minimum atomic E-state index is -0.258. The number of hydrogen-bond acceptors (Lipinski definition) is 4. The summed E-state index contributed by atoms with van der Waals surface area (Å²) in [7, 11) is 0. The maximum atomic E-state index is 12.6. The summed E-state index contributed by atoms with van der Waals surface area (Å²) in [5, 5.41) is 0. The number of furan rings is 1. The lowest BCUT2D eigenvalue weighted by atomic mass is 10.0. The Morgan fingerprint density at radius 1 is 1.11 bits per heavy atom. The van der Waals surface area contributed by atoms with Gasteiger partial charge in [0.1, 0.15) is 11.9 Å². The van der Waals surface area contributed by atoms with Crippen molar-refractivity contribution in [1.82, 2.24) is 9.80 Å². The minimum absolute atomic E-state index is 0.0733. The summed E-state index contributed by atoms with van der Waals surface area (Å²) in [6.45, 7) is 5.59. The summed E-state index contributed by atoms with van der Waals surface area (Å²) in [6, 6.07) is 11.7. The van der Waals surface area contributed by atoms with E-state index in [1.807, 2.05) is 54.0 Å². The summed E-state index contributed by atoms with van der Waals surface area (Å²) in [5.74, 6) is 1.10. The Kier molecular flexibility index (Phi) is 4.64. The summed E-state index contributed by atoms with van der Waals surface area (Å²) < 4.78 is 11.1. The van der Waals surface area contributed by atoms with E-state index in [2.05, 4.69) is 0 Å². The summed E-state index contributed by atoms with van der Waals surface area (Å²) in [6.07, 6.45) is 1.03. The first kappa shape index (κ1) is 17.6. The molecule has 2 amide bonds. The van der Waals surface area contributed by atoms with Gasteiger partial charge >= 0.3 is 6.09 Å². The predicted octanol–water partition coefficient (Wildman–Crippen LogP) is 3.69. The van der Waals surface area contributed by atoms with Crippen LogP contribution in [0.5, 0.6) is 0 Å². The zero-order valence-corrected chi connectivity index (χ0v) is 15.7. The maximum Gasteiger partial charge on any atom is 0.410 e. The molecule has 2 fully saturated rings. The Labute approximate surface area is 158 Å². The third-order valence-corrected chi connectivity index (χ3v) is 5.58. The van der Waals surface area contributed by atoms with E-state index in [-0.39, 0.29) is 24.1 Å². The molecule has 2 aliphatic heterocycles. The molecule has 1 unspecified atom stereocenters. The van der Waals surface area contributed by atoms with Crippen LogP contribution in [0.2, 0.25) is 0 Å². The number of amides is 2. The lowest BCUT2D eigenvalue weighted by Gasteiger charge is -2.35. The van der Waals surface area contributed by atoms with E-state index < -0.39 is 0 Å². The van der Waals surface area contributed by atoms with Gasteiger partial charge in [0.05, 0.1) is 6.54 Å². The highest BCUT2D eigenvalue weighted by Crippen LogP contribution is 2.30. The third kappa shape index (κ3) is 3.44. The summed E-state index contributed by atoms with van der Waals surface area (Å²) >= 11 is 0. The summed E-state index contributed by atoms with van der Waals surface area (Å²) in [5.41, 5.74) is 2.00. The average molecular weight is 368 g/mol. The molecule has 142 valence electrons. The van der Waals surface area contributed by atoms with Crippen LogP contribution in [0.1, 0.15) is 46.4 Å². The molecule has 0 aliphatic carbocycles. The Morgan fingerprint density at radius 3 is 2.44 bits per heavy atom. The van der Waals surface area contributed by atoms with E-state index in [0.717, 1.165) is 29.7 Å². The highest BCUT2D eigenvalue weighted by atomic mass is 16.6. The molecular formula is C21H24N2O4. The molecule has 1 atom stereocenters. The highest BCUT2D eigenvalue weighted by molar-refractivity contribution is 5.91. The number of rotatable bonds is 3. The Balaban J connectivity index is 1.36. The van der Waals surface area contributed by atoms with Crippen LogP contribution in [0.4, 0.5) is 4.79 Å². The normalized spacial score (nSPS) is 20.8. The lowest BCUT2D eigenvalue weighted by Crippen LogP contribution is -2.47. The van der Waals surface area contributed by atoms with Crippen LogP contribution in [0, 0.1) is 13.8 Å². The van der Waals surface area contributed by atoms with E-state index in [4.69, 9.17) is 9.15 Å². The average Bonchev–Trinajstić information content (AvgIpc) is 3.24.